The van der Waals surface area contributed by atoms with E-state index in [-0.39, 0.29) is 0 Å². The van der Waals surface area contributed by atoms with E-state index in [0.29, 0.717) is 10.9 Å². The molecule has 0 aliphatic rings. The van der Waals surface area contributed by atoms with Gasteiger partial charge in [0, 0.05) is 36.1 Å². The second-order valence-corrected chi connectivity index (χ2v) is 5.91. The summed E-state index contributed by atoms with van der Waals surface area (Å²) in [6.07, 6.45) is 2.77. The van der Waals surface area contributed by atoms with Gasteiger partial charge in [0.05, 0.1) is 23.3 Å². The molecule has 0 radical (unpaired) electrons. The summed E-state index contributed by atoms with van der Waals surface area (Å²) in [7, 11) is 1.93. The number of aromatic nitrogens is 4. The third kappa shape index (κ3) is 2.78. The second-order valence-electron chi connectivity index (χ2n) is 5.10. The molecule has 3 aromatic rings. The molecule has 0 unspecified atom stereocenters. The van der Waals surface area contributed by atoms with Crippen LogP contribution in [-0.4, -0.2) is 25.2 Å². The van der Waals surface area contributed by atoms with Crippen LogP contribution in [0, 0.1) is 6.92 Å². The number of alkyl halides is 1. The molecule has 0 aliphatic heterocycles. The molecule has 0 fully saturated rings. The highest BCUT2D eigenvalue weighted by Gasteiger charge is 2.13. The van der Waals surface area contributed by atoms with Crippen LogP contribution in [0.25, 0.3) is 11.0 Å². The average molecular weight is 323 g/mol. The Bertz CT molecular complexity index is 788. The minimum Gasteiger partial charge on any atom is -0.323 e. The quantitative estimate of drug-likeness (QED) is 0.688. The van der Waals surface area contributed by atoms with Gasteiger partial charge in [-0.15, -0.1) is 11.6 Å². The first kappa shape index (κ1) is 14.4. The number of imidazole rings is 1. The second kappa shape index (κ2) is 5.70. The number of hydrogen-bond donors (Lipinski definition) is 0. The predicted octanol–water partition coefficient (Wildman–Crippen LogP) is 3.56. The number of rotatable bonds is 4. The highest BCUT2D eigenvalue weighted by Crippen LogP contribution is 2.22. The average Bonchev–Trinajstić information content (AvgIpc) is 2.91. The third-order valence-electron chi connectivity index (χ3n) is 3.55. The Balaban J connectivity index is 2.10. The summed E-state index contributed by atoms with van der Waals surface area (Å²) in [5.41, 5.74) is 4.19. The van der Waals surface area contributed by atoms with Gasteiger partial charge < -0.3 is 4.57 Å². The lowest BCUT2D eigenvalue weighted by molar-refractivity contribution is 0.747. The van der Waals surface area contributed by atoms with Crippen molar-refractivity contribution in [3.8, 4) is 0 Å². The number of halogens is 2. The maximum Gasteiger partial charge on any atom is 0.111 e. The normalized spacial score (nSPS) is 11.4. The minimum absolute atomic E-state index is 0.545. The standard InChI is InChI=1S/C15H16Cl2N4/c1-10-11(8-20(2)19-10)9-21-14-4-3-12(17)7-13(14)18-15(21)5-6-16/h3-4,7-8H,5-6,9H2,1-2H3. The van der Waals surface area contributed by atoms with E-state index < -0.39 is 0 Å². The zero-order valence-electron chi connectivity index (χ0n) is 12.0. The Morgan fingerprint density at radius 1 is 1.29 bits per heavy atom. The van der Waals surface area contributed by atoms with Crippen LogP contribution in [0.4, 0.5) is 0 Å². The zero-order chi connectivity index (χ0) is 15.0. The molecule has 21 heavy (non-hydrogen) atoms. The van der Waals surface area contributed by atoms with Gasteiger partial charge >= 0.3 is 0 Å². The fourth-order valence-corrected chi connectivity index (χ4v) is 2.91. The molecule has 0 aliphatic carbocycles. The number of aryl methyl sites for hydroxylation is 3. The van der Waals surface area contributed by atoms with Crippen molar-refractivity contribution in [2.24, 2.45) is 7.05 Å². The maximum atomic E-state index is 6.06. The molecule has 0 spiro atoms. The van der Waals surface area contributed by atoms with E-state index in [1.165, 1.54) is 5.56 Å². The van der Waals surface area contributed by atoms with Gasteiger partial charge in [-0.05, 0) is 25.1 Å². The largest absolute Gasteiger partial charge is 0.323 e. The molecular weight excluding hydrogens is 307 g/mol. The number of hydrogen-bond acceptors (Lipinski definition) is 2. The van der Waals surface area contributed by atoms with Crippen molar-refractivity contribution < 1.29 is 0 Å². The monoisotopic (exact) mass is 322 g/mol. The van der Waals surface area contributed by atoms with E-state index >= 15 is 0 Å². The lowest BCUT2D eigenvalue weighted by atomic mass is 10.2. The van der Waals surface area contributed by atoms with Gasteiger partial charge in [0.25, 0.3) is 0 Å². The van der Waals surface area contributed by atoms with Crippen LogP contribution in [-0.2, 0) is 20.0 Å². The molecule has 0 saturated carbocycles. The fraction of sp³-hybridized carbons (Fsp3) is 0.333. The summed E-state index contributed by atoms with van der Waals surface area (Å²) in [5.74, 6) is 1.52. The molecule has 0 atom stereocenters. The van der Waals surface area contributed by atoms with Crippen LogP contribution in [0.15, 0.2) is 24.4 Å². The molecule has 1 aromatic carbocycles. The van der Waals surface area contributed by atoms with Crippen molar-refractivity contribution in [1.82, 2.24) is 19.3 Å². The summed E-state index contributed by atoms with van der Waals surface area (Å²) in [4.78, 5) is 4.66. The first-order valence-electron chi connectivity index (χ1n) is 6.78. The van der Waals surface area contributed by atoms with Crippen LogP contribution in [0.5, 0.6) is 0 Å². The van der Waals surface area contributed by atoms with Crippen molar-refractivity contribution >= 4 is 34.2 Å². The summed E-state index contributed by atoms with van der Waals surface area (Å²) >= 11 is 12.0. The lowest BCUT2D eigenvalue weighted by Crippen LogP contribution is -2.06. The summed E-state index contributed by atoms with van der Waals surface area (Å²) in [5, 5.41) is 5.09. The zero-order valence-corrected chi connectivity index (χ0v) is 13.5. The summed E-state index contributed by atoms with van der Waals surface area (Å²) in [6.45, 7) is 2.76. The Morgan fingerprint density at radius 3 is 2.76 bits per heavy atom. The van der Waals surface area contributed by atoms with Crippen molar-refractivity contribution in [1.29, 1.82) is 0 Å². The first-order chi connectivity index (χ1) is 10.1. The van der Waals surface area contributed by atoms with Crippen molar-refractivity contribution in [3.05, 3.63) is 46.5 Å². The summed E-state index contributed by atoms with van der Waals surface area (Å²) < 4.78 is 4.03. The fourth-order valence-electron chi connectivity index (χ4n) is 2.58. The summed E-state index contributed by atoms with van der Waals surface area (Å²) in [6, 6.07) is 5.79. The molecule has 6 heteroatoms. The predicted molar refractivity (Wildman–Crippen MR) is 86.2 cm³/mol. The van der Waals surface area contributed by atoms with Crippen LogP contribution in [0.1, 0.15) is 17.1 Å². The first-order valence-corrected chi connectivity index (χ1v) is 7.69. The van der Waals surface area contributed by atoms with Gasteiger partial charge in [-0.25, -0.2) is 4.98 Å². The SMILES string of the molecule is Cc1nn(C)cc1Cn1c(CCCl)nc2cc(Cl)ccc21. The molecule has 4 nitrogen and oxygen atoms in total. The lowest BCUT2D eigenvalue weighted by Gasteiger charge is -2.07. The van der Waals surface area contributed by atoms with Crippen molar-refractivity contribution in [2.75, 3.05) is 5.88 Å². The molecule has 110 valence electrons. The highest BCUT2D eigenvalue weighted by molar-refractivity contribution is 6.31. The van der Waals surface area contributed by atoms with E-state index in [0.717, 1.165) is 35.5 Å². The Hall–Kier alpha value is -1.52. The van der Waals surface area contributed by atoms with Gasteiger partial charge in [0.2, 0.25) is 0 Å². The van der Waals surface area contributed by atoms with Gasteiger partial charge in [0.15, 0.2) is 0 Å². The number of benzene rings is 1. The van der Waals surface area contributed by atoms with Gasteiger partial charge in [-0.1, -0.05) is 11.6 Å². The van der Waals surface area contributed by atoms with Gasteiger partial charge in [0.1, 0.15) is 5.82 Å². The molecule has 0 bridgehead atoms. The maximum absolute atomic E-state index is 6.06. The molecule has 0 N–H and O–H groups in total. The molecular formula is C15H16Cl2N4. The van der Waals surface area contributed by atoms with Crippen LogP contribution in [0.3, 0.4) is 0 Å². The Morgan fingerprint density at radius 2 is 2.10 bits per heavy atom. The number of nitrogens with zero attached hydrogens (tertiary/aromatic N) is 4. The van der Waals surface area contributed by atoms with Crippen molar-refractivity contribution in [2.45, 2.75) is 19.9 Å². The van der Waals surface area contributed by atoms with E-state index in [1.54, 1.807) is 0 Å². The van der Waals surface area contributed by atoms with Crippen LogP contribution >= 0.6 is 23.2 Å². The third-order valence-corrected chi connectivity index (χ3v) is 3.98. The Labute approximate surface area is 133 Å². The van der Waals surface area contributed by atoms with E-state index in [4.69, 9.17) is 23.2 Å². The molecule has 0 amide bonds. The topological polar surface area (TPSA) is 35.6 Å². The Kier molecular flexibility index (Phi) is 3.91. The molecule has 3 rings (SSSR count). The van der Waals surface area contributed by atoms with Gasteiger partial charge in [-0.3, -0.25) is 4.68 Å². The smallest absolute Gasteiger partial charge is 0.111 e. The van der Waals surface area contributed by atoms with Gasteiger partial charge in [-0.2, -0.15) is 5.10 Å². The van der Waals surface area contributed by atoms with E-state index in [9.17, 15) is 0 Å². The number of fused-ring (bicyclic) bond motifs is 1. The highest BCUT2D eigenvalue weighted by atomic mass is 35.5. The minimum atomic E-state index is 0.545. The van der Waals surface area contributed by atoms with E-state index in [1.807, 2.05) is 43.0 Å². The molecule has 0 saturated heterocycles. The van der Waals surface area contributed by atoms with E-state index in [2.05, 4.69) is 14.6 Å². The van der Waals surface area contributed by atoms with Crippen LogP contribution in [0.2, 0.25) is 5.02 Å². The molecule has 2 heterocycles. The van der Waals surface area contributed by atoms with Crippen LogP contribution < -0.4 is 0 Å². The van der Waals surface area contributed by atoms with Crippen molar-refractivity contribution in [3.63, 3.8) is 0 Å². The molecule has 2 aromatic heterocycles.